The molecule has 9 nitrogen and oxygen atoms in total. The number of rotatable bonds is 12. The highest BCUT2D eigenvalue weighted by atomic mass is 16.5. The zero-order valence-electron chi connectivity index (χ0n) is 23.8. The summed E-state index contributed by atoms with van der Waals surface area (Å²) in [6, 6.07) is 33.3. The molecule has 5 rings (SSSR count). The lowest BCUT2D eigenvalue weighted by Gasteiger charge is -2.24. The zero-order chi connectivity index (χ0) is 29.3. The number of ether oxygens (including phenoxy) is 3. The van der Waals surface area contributed by atoms with E-state index in [4.69, 9.17) is 29.6 Å². The zero-order valence-corrected chi connectivity index (χ0v) is 23.8. The second-order valence-corrected chi connectivity index (χ2v) is 9.61. The molecule has 0 aliphatic rings. The van der Waals surface area contributed by atoms with Gasteiger partial charge in [0.25, 0.3) is 0 Å². The maximum Gasteiger partial charge on any atom is 0.248 e. The van der Waals surface area contributed by atoms with E-state index in [0.717, 1.165) is 39.6 Å². The van der Waals surface area contributed by atoms with Crippen molar-refractivity contribution in [2.45, 2.75) is 19.6 Å². The Morgan fingerprint density at radius 1 is 0.690 bits per heavy atom. The lowest BCUT2D eigenvalue weighted by molar-refractivity contribution is 0.414. The first-order valence-corrected chi connectivity index (χ1v) is 13.4. The molecule has 5 aromatic rings. The third-order valence-corrected chi connectivity index (χ3v) is 6.76. The maximum atomic E-state index is 9.17. The van der Waals surface area contributed by atoms with E-state index in [9.17, 15) is 0 Å². The molecule has 1 heterocycles. The number of nitrogens with one attached hydrogen (secondary N) is 1. The predicted molar refractivity (Wildman–Crippen MR) is 162 cm³/mol. The van der Waals surface area contributed by atoms with Gasteiger partial charge in [-0.1, -0.05) is 36.4 Å². The molecule has 0 aliphatic heterocycles. The number of nitriles is 1. The van der Waals surface area contributed by atoms with E-state index in [2.05, 4.69) is 40.6 Å². The second kappa shape index (κ2) is 13.2. The van der Waals surface area contributed by atoms with Crippen LogP contribution in [0, 0.1) is 11.3 Å². The van der Waals surface area contributed by atoms with Crippen molar-refractivity contribution in [1.82, 2.24) is 14.8 Å². The first kappa shape index (κ1) is 28.1. The van der Waals surface area contributed by atoms with E-state index >= 15 is 0 Å². The monoisotopic (exact) mass is 560 g/mol. The molecular weight excluding hydrogens is 528 g/mol. The number of anilines is 3. The largest absolute Gasteiger partial charge is 0.497 e. The van der Waals surface area contributed by atoms with Gasteiger partial charge in [0, 0.05) is 18.8 Å². The first-order chi connectivity index (χ1) is 20.6. The number of hydrogen-bond donors (Lipinski definition) is 1. The summed E-state index contributed by atoms with van der Waals surface area (Å²) in [6.07, 6.45) is 0. The summed E-state index contributed by atoms with van der Waals surface area (Å²) in [5, 5.41) is 17.3. The summed E-state index contributed by atoms with van der Waals surface area (Å²) in [5.41, 5.74) is 4.64. The Bertz CT molecular complexity index is 1580. The van der Waals surface area contributed by atoms with Crippen LogP contribution in [0.4, 0.5) is 17.6 Å². The Morgan fingerprint density at radius 2 is 1.17 bits per heavy atom. The third-order valence-electron chi connectivity index (χ3n) is 6.76. The first-order valence-electron chi connectivity index (χ1n) is 13.4. The topological polar surface area (TPSA) is 97.5 Å². The fraction of sp³-hybridized carbons (Fsp3) is 0.182. The molecule has 212 valence electrons. The van der Waals surface area contributed by atoms with Crippen molar-refractivity contribution in [3.63, 3.8) is 0 Å². The van der Waals surface area contributed by atoms with E-state index in [1.165, 1.54) is 0 Å². The molecule has 0 radical (unpaired) electrons. The van der Waals surface area contributed by atoms with Crippen LogP contribution in [0.1, 0.15) is 22.3 Å². The molecule has 4 aromatic carbocycles. The summed E-state index contributed by atoms with van der Waals surface area (Å²) in [5.74, 6) is 3.56. The maximum absolute atomic E-state index is 9.17. The highest BCUT2D eigenvalue weighted by Crippen LogP contribution is 2.25. The highest BCUT2D eigenvalue weighted by Gasteiger charge is 2.19. The van der Waals surface area contributed by atoms with Crippen LogP contribution in [0.25, 0.3) is 0 Å². The minimum absolute atomic E-state index is 0.456. The van der Waals surface area contributed by atoms with Crippen LogP contribution in [-0.2, 0) is 19.6 Å². The minimum atomic E-state index is 0.456. The van der Waals surface area contributed by atoms with Gasteiger partial charge in [-0.3, -0.25) is 0 Å². The average Bonchev–Trinajstić information content (AvgIpc) is 3.43. The molecule has 0 spiro atoms. The molecule has 1 N–H and O–H groups in total. The molecule has 0 amide bonds. The van der Waals surface area contributed by atoms with E-state index < -0.39 is 0 Å². The van der Waals surface area contributed by atoms with E-state index in [1.54, 1.807) is 33.5 Å². The van der Waals surface area contributed by atoms with Crippen molar-refractivity contribution in [3.8, 4) is 23.3 Å². The normalized spacial score (nSPS) is 10.5. The number of methoxy groups -OCH3 is 3. The lowest BCUT2D eigenvalue weighted by atomic mass is 10.1. The van der Waals surface area contributed by atoms with Gasteiger partial charge in [-0.15, -0.1) is 5.10 Å². The van der Waals surface area contributed by atoms with E-state index in [-0.39, 0.29) is 0 Å². The SMILES string of the molecule is COc1ccc(CN(Cc2ccc(OC)cc2)c2nc(Nc3ccc(C#N)cc3)nn2Cc2ccc(OC)cc2)cc1. The molecular formula is C33H32N6O3. The van der Waals surface area contributed by atoms with Gasteiger partial charge in [-0.05, 0) is 77.4 Å². The Kier molecular flexibility index (Phi) is 8.85. The number of benzene rings is 4. The second-order valence-electron chi connectivity index (χ2n) is 9.61. The van der Waals surface area contributed by atoms with Crippen LogP contribution in [0.3, 0.4) is 0 Å². The van der Waals surface area contributed by atoms with Crippen LogP contribution >= 0.6 is 0 Å². The van der Waals surface area contributed by atoms with Crippen LogP contribution in [-0.4, -0.2) is 36.1 Å². The van der Waals surface area contributed by atoms with Crippen molar-refractivity contribution in [3.05, 3.63) is 119 Å². The predicted octanol–water partition coefficient (Wildman–Crippen LogP) is 6.17. The third kappa shape index (κ3) is 6.98. The number of aromatic nitrogens is 3. The number of hydrogen-bond acceptors (Lipinski definition) is 8. The molecule has 0 atom stereocenters. The van der Waals surface area contributed by atoms with Crippen molar-refractivity contribution in [1.29, 1.82) is 5.26 Å². The fourth-order valence-corrected chi connectivity index (χ4v) is 4.49. The standard InChI is InChI=1S/C33H32N6O3/c1-40-29-14-6-25(7-15-29)21-38(22-26-8-16-30(41-2)17-9-26)33-36-32(35-28-12-4-24(20-34)5-13-28)37-39(33)23-27-10-18-31(42-3)19-11-27/h4-19H,21-23H2,1-3H3,(H,35,37). The van der Waals surface area contributed by atoms with Crippen LogP contribution < -0.4 is 24.4 Å². The fourth-order valence-electron chi connectivity index (χ4n) is 4.49. The van der Waals surface area contributed by atoms with Crippen molar-refractivity contribution >= 4 is 17.6 Å². The quantitative estimate of drug-likeness (QED) is 0.193. The summed E-state index contributed by atoms with van der Waals surface area (Å²) < 4.78 is 18.0. The van der Waals surface area contributed by atoms with Crippen molar-refractivity contribution in [2.24, 2.45) is 0 Å². The Labute approximate surface area is 245 Å². The Morgan fingerprint density at radius 3 is 1.62 bits per heavy atom. The summed E-state index contributed by atoms with van der Waals surface area (Å²) in [6.45, 7) is 1.68. The van der Waals surface area contributed by atoms with Crippen molar-refractivity contribution in [2.75, 3.05) is 31.5 Å². The van der Waals surface area contributed by atoms with Gasteiger partial charge < -0.3 is 24.4 Å². The molecule has 0 bridgehead atoms. The van der Waals surface area contributed by atoms with Crippen molar-refractivity contribution < 1.29 is 14.2 Å². The van der Waals surface area contributed by atoms with Crippen LogP contribution in [0.5, 0.6) is 17.2 Å². The summed E-state index contributed by atoms with van der Waals surface area (Å²) in [7, 11) is 4.98. The lowest BCUT2D eigenvalue weighted by Crippen LogP contribution is -2.26. The van der Waals surface area contributed by atoms with Crippen LogP contribution in [0.2, 0.25) is 0 Å². The molecule has 0 aliphatic carbocycles. The molecule has 42 heavy (non-hydrogen) atoms. The average molecular weight is 561 g/mol. The van der Waals surface area contributed by atoms with Gasteiger partial charge in [-0.2, -0.15) is 10.2 Å². The van der Waals surface area contributed by atoms with Gasteiger partial charge in [0.15, 0.2) is 0 Å². The Hall–Kier alpha value is -5.49. The molecule has 9 heteroatoms. The summed E-state index contributed by atoms with van der Waals surface area (Å²) in [4.78, 5) is 7.16. The van der Waals surface area contributed by atoms with Gasteiger partial charge in [-0.25, -0.2) is 4.68 Å². The molecule has 0 saturated heterocycles. The molecule has 0 fully saturated rings. The van der Waals surface area contributed by atoms with Gasteiger partial charge in [0.2, 0.25) is 11.9 Å². The number of nitrogens with zero attached hydrogens (tertiary/aromatic N) is 5. The van der Waals surface area contributed by atoms with Gasteiger partial charge >= 0.3 is 0 Å². The highest BCUT2D eigenvalue weighted by molar-refractivity contribution is 5.56. The van der Waals surface area contributed by atoms with Gasteiger partial charge in [0.05, 0.1) is 39.5 Å². The van der Waals surface area contributed by atoms with Gasteiger partial charge in [0.1, 0.15) is 17.2 Å². The molecule has 0 unspecified atom stereocenters. The Balaban J connectivity index is 1.52. The molecule has 0 saturated carbocycles. The minimum Gasteiger partial charge on any atom is -0.497 e. The summed E-state index contributed by atoms with van der Waals surface area (Å²) >= 11 is 0. The molecule has 1 aromatic heterocycles. The smallest absolute Gasteiger partial charge is 0.248 e. The van der Waals surface area contributed by atoms with E-state index in [0.29, 0.717) is 37.1 Å². The van der Waals surface area contributed by atoms with E-state index in [1.807, 2.05) is 65.3 Å². The van der Waals surface area contributed by atoms with Crippen LogP contribution in [0.15, 0.2) is 97.1 Å².